The van der Waals surface area contributed by atoms with E-state index in [1.807, 2.05) is 13.0 Å². The van der Waals surface area contributed by atoms with Crippen molar-refractivity contribution >= 4 is 11.6 Å². The van der Waals surface area contributed by atoms with Gasteiger partial charge in [-0.25, -0.2) is 0 Å². The second kappa shape index (κ2) is 3.75. The molecule has 0 radical (unpaired) electrons. The summed E-state index contributed by atoms with van der Waals surface area (Å²) in [5.41, 5.74) is 0.817. The van der Waals surface area contributed by atoms with Crippen LogP contribution in [-0.4, -0.2) is 36.1 Å². The highest BCUT2D eigenvalue weighted by Crippen LogP contribution is 2.27. The molecule has 0 aliphatic carbocycles. The Bertz CT molecular complexity index is 337. The molecule has 1 saturated heterocycles. The normalized spacial score (nSPS) is 17.9. The average Bonchev–Trinajstić information content (AvgIpc) is 2.10. The number of rotatable bonds is 2. The molecule has 1 aromatic rings. The third-order valence-electron chi connectivity index (χ3n) is 2.35. The zero-order valence-electron chi connectivity index (χ0n) is 8.33. The molecule has 0 spiro atoms. The van der Waals surface area contributed by atoms with E-state index in [-0.39, 0.29) is 6.10 Å². The second-order valence-electron chi connectivity index (χ2n) is 3.67. The van der Waals surface area contributed by atoms with Gasteiger partial charge in [-0.2, -0.15) is 0 Å². The molecule has 1 fully saturated rings. The van der Waals surface area contributed by atoms with Crippen molar-refractivity contribution in [3.05, 3.63) is 23.0 Å². The number of aryl methyl sites for hydroxylation is 1. The SMILES string of the molecule is Cc1nccc(OC2CN(C)C2)c1Cl. The second-order valence-corrected chi connectivity index (χ2v) is 4.05. The molecule has 0 saturated carbocycles. The first-order chi connectivity index (χ1) is 6.66. The highest BCUT2D eigenvalue weighted by Gasteiger charge is 2.25. The van der Waals surface area contributed by atoms with Crippen LogP contribution in [-0.2, 0) is 0 Å². The molecule has 14 heavy (non-hydrogen) atoms. The van der Waals surface area contributed by atoms with E-state index < -0.39 is 0 Å². The fourth-order valence-electron chi connectivity index (χ4n) is 1.51. The molecular weight excluding hydrogens is 200 g/mol. The third-order valence-corrected chi connectivity index (χ3v) is 2.81. The van der Waals surface area contributed by atoms with Crippen molar-refractivity contribution < 1.29 is 4.74 Å². The van der Waals surface area contributed by atoms with Gasteiger partial charge in [0.2, 0.25) is 0 Å². The Morgan fingerprint density at radius 1 is 1.57 bits per heavy atom. The fraction of sp³-hybridized carbons (Fsp3) is 0.500. The van der Waals surface area contributed by atoms with E-state index in [0.717, 1.165) is 24.5 Å². The van der Waals surface area contributed by atoms with Gasteiger partial charge in [-0.1, -0.05) is 11.6 Å². The first kappa shape index (κ1) is 9.74. The zero-order valence-corrected chi connectivity index (χ0v) is 9.08. The smallest absolute Gasteiger partial charge is 0.141 e. The maximum absolute atomic E-state index is 6.05. The van der Waals surface area contributed by atoms with Crippen LogP contribution in [0.2, 0.25) is 5.02 Å². The molecule has 0 atom stereocenters. The molecule has 0 unspecified atom stereocenters. The topological polar surface area (TPSA) is 25.4 Å². The largest absolute Gasteiger partial charge is 0.486 e. The minimum atomic E-state index is 0.277. The van der Waals surface area contributed by atoms with Crippen molar-refractivity contribution in [2.45, 2.75) is 13.0 Å². The predicted octanol–water partition coefficient (Wildman–Crippen LogP) is 1.74. The van der Waals surface area contributed by atoms with Gasteiger partial charge in [0.05, 0.1) is 5.69 Å². The van der Waals surface area contributed by atoms with E-state index in [0.29, 0.717) is 5.02 Å². The lowest BCUT2D eigenvalue weighted by atomic mass is 10.2. The van der Waals surface area contributed by atoms with Crippen LogP contribution < -0.4 is 4.74 Å². The molecule has 0 aromatic carbocycles. The van der Waals surface area contributed by atoms with Gasteiger partial charge in [0.15, 0.2) is 0 Å². The molecule has 3 nitrogen and oxygen atoms in total. The van der Waals surface area contributed by atoms with E-state index >= 15 is 0 Å². The Morgan fingerprint density at radius 2 is 2.29 bits per heavy atom. The van der Waals surface area contributed by atoms with E-state index in [1.165, 1.54) is 0 Å². The average molecular weight is 213 g/mol. The van der Waals surface area contributed by atoms with Crippen LogP contribution in [0.1, 0.15) is 5.69 Å². The summed E-state index contributed by atoms with van der Waals surface area (Å²) in [7, 11) is 2.07. The Hall–Kier alpha value is -0.800. The number of likely N-dealkylation sites (tertiary alicyclic amines) is 1. The van der Waals surface area contributed by atoms with E-state index in [1.54, 1.807) is 6.20 Å². The summed E-state index contributed by atoms with van der Waals surface area (Å²) < 4.78 is 5.72. The molecule has 1 aliphatic rings. The quantitative estimate of drug-likeness (QED) is 0.747. The number of nitrogens with zero attached hydrogens (tertiary/aromatic N) is 2. The maximum Gasteiger partial charge on any atom is 0.141 e. The van der Waals surface area contributed by atoms with Crippen LogP contribution in [0.5, 0.6) is 5.75 Å². The van der Waals surface area contributed by atoms with Crippen LogP contribution in [0.3, 0.4) is 0 Å². The summed E-state index contributed by atoms with van der Waals surface area (Å²) >= 11 is 6.05. The first-order valence-electron chi connectivity index (χ1n) is 4.63. The van der Waals surface area contributed by atoms with E-state index in [9.17, 15) is 0 Å². The van der Waals surface area contributed by atoms with Gasteiger partial charge in [-0.3, -0.25) is 9.88 Å². The lowest BCUT2D eigenvalue weighted by Crippen LogP contribution is -2.51. The number of ether oxygens (including phenoxy) is 1. The van der Waals surface area contributed by atoms with Crippen LogP contribution in [0.4, 0.5) is 0 Å². The molecule has 2 heterocycles. The minimum Gasteiger partial charge on any atom is -0.486 e. The van der Waals surface area contributed by atoms with Crippen LogP contribution in [0.15, 0.2) is 12.3 Å². The highest BCUT2D eigenvalue weighted by atomic mass is 35.5. The molecule has 0 N–H and O–H groups in total. The van der Waals surface area contributed by atoms with Gasteiger partial charge in [0.25, 0.3) is 0 Å². The molecule has 2 rings (SSSR count). The van der Waals surface area contributed by atoms with Crippen LogP contribution >= 0.6 is 11.6 Å². The Balaban J connectivity index is 2.06. The van der Waals surface area contributed by atoms with Gasteiger partial charge in [0.1, 0.15) is 16.9 Å². The van der Waals surface area contributed by atoms with Crippen molar-refractivity contribution in [3.8, 4) is 5.75 Å². The monoisotopic (exact) mass is 212 g/mol. The number of aromatic nitrogens is 1. The summed E-state index contributed by atoms with van der Waals surface area (Å²) in [6, 6.07) is 1.81. The Labute approximate surface area is 88.6 Å². The van der Waals surface area contributed by atoms with Gasteiger partial charge >= 0.3 is 0 Å². The summed E-state index contributed by atoms with van der Waals surface area (Å²) in [5, 5.41) is 0.627. The molecule has 76 valence electrons. The molecule has 0 bridgehead atoms. The highest BCUT2D eigenvalue weighted by molar-refractivity contribution is 6.32. The summed E-state index contributed by atoms with van der Waals surface area (Å²) in [6.45, 7) is 3.82. The fourth-order valence-corrected chi connectivity index (χ4v) is 1.67. The number of hydrogen-bond donors (Lipinski definition) is 0. The van der Waals surface area contributed by atoms with Crippen LogP contribution in [0, 0.1) is 6.92 Å². The Kier molecular flexibility index (Phi) is 2.61. The van der Waals surface area contributed by atoms with Crippen molar-refractivity contribution in [1.82, 2.24) is 9.88 Å². The molecule has 0 amide bonds. The first-order valence-corrected chi connectivity index (χ1v) is 5.01. The van der Waals surface area contributed by atoms with Crippen molar-refractivity contribution in [2.24, 2.45) is 0 Å². The number of hydrogen-bond acceptors (Lipinski definition) is 3. The number of likely N-dealkylation sites (N-methyl/N-ethyl adjacent to an activating group) is 1. The zero-order chi connectivity index (χ0) is 10.1. The summed E-state index contributed by atoms with van der Waals surface area (Å²) in [5.74, 6) is 0.747. The lowest BCUT2D eigenvalue weighted by molar-refractivity contribution is 0.0388. The molecular formula is C10H13ClN2O. The summed E-state index contributed by atoms with van der Waals surface area (Å²) in [4.78, 5) is 6.28. The predicted molar refractivity (Wildman–Crippen MR) is 55.9 cm³/mol. The molecule has 4 heteroatoms. The molecule has 1 aliphatic heterocycles. The van der Waals surface area contributed by atoms with Gasteiger partial charge in [-0.15, -0.1) is 0 Å². The maximum atomic E-state index is 6.05. The summed E-state index contributed by atoms with van der Waals surface area (Å²) in [6.07, 6.45) is 2.00. The Morgan fingerprint density at radius 3 is 2.93 bits per heavy atom. The standard InChI is InChI=1S/C10H13ClN2O/c1-7-10(11)9(3-4-12-7)14-8-5-13(2)6-8/h3-4,8H,5-6H2,1-2H3. The van der Waals surface area contributed by atoms with E-state index in [4.69, 9.17) is 16.3 Å². The molecule has 1 aromatic heterocycles. The lowest BCUT2D eigenvalue weighted by Gasteiger charge is -2.36. The number of halogens is 1. The van der Waals surface area contributed by atoms with Gasteiger partial charge in [0, 0.05) is 25.4 Å². The van der Waals surface area contributed by atoms with Crippen molar-refractivity contribution in [3.63, 3.8) is 0 Å². The van der Waals surface area contributed by atoms with Gasteiger partial charge < -0.3 is 4.74 Å². The van der Waals surface area contributed by atoms with Crippen molar-refractivity contribution in [1.29, 1.82) is 0 Å². The van der Waals surface area contributed by atoms with Crippen LogP contribution in [0.25, 0.3) is 0 Å². The van der Waals surface area contributed by atoms with Gasteiger partial charge in [-0.05, 0) is 14.0 Å². The third kappa shape index (κ3) is 1.83. The number of pyridine rings is 1. The van der Waals surface area contributed by atoms with Crippen molar-refractivity contribution in [2.75, 3.05) is 20.1 Å². The van der Waals surface area contributed by atoms with E-state index in [2.05, 4.69) is 16.9 Å². The minimum absolute atomic E-state index is 0.277.